The van der Waals surface area contributed by atoms with Crippen LogP contribution < -0.4 is 0 Å². The van der Waals surface area contributed by atoms with E-state index in [2.05, 4.69) is 172 Å². The van der Waals surface area contributed by atoms with Crippen molar-refractivity contribution < 1.29 is 42.9 Å². The Kier molecular flexibility index (Phi) is 55.2. The second-order valence-corrected chi connectivity index (χ2v) is 20.9. The van der Waals surface area contributed by atoms with Crippen molar-refractivity contribution in [1.82, 2.24) is 0 Å². The van der Waals surface area contributed by atoms with Gasteiger partial charge in [-0.05, 0) is 122 Å². The molecule has 0 aliphatic carbocycles. The van der Waals surface area contributed by atoms with E-state index in [1.807, 2.05) is 21.1 Å². The number of likely N-dealkylation sites (N-methyl/N-ethyl adjacent to an activating group) is 1. The molecule has 2 unspecified atom stereocenters. The quantitative estimate of drug-likeness (QED) is 0.0211. The van der Waals surface area contributed by atoms with Crippen molar-refractivity contribution in [2.75, 3.05) is 47.5 Å². The van der Waals surface area contributed by atoms with Crippen LogP contribution in [-0.2, 0) is 33.3 Å². The van der Waals surface area contributed by atoms with Gasteiger partial charge >= 0.3 is 17.9 Å². The molecule has 2 atom stereocenters. The van der Waals surface area contributed by atoms with E-state index in [1.165, 1.54) is 19.3 Å². The number of carbonyl (C=O) groups excluding carboxylic acids is 2. The van der Waals surface area contributed by atoms with Crippen molar-refractivity contribution in [3.8, 4) is 0 Å². The number of carboxylic acid groups (broad SMARTS) is 1. The first-order chi connectivity index (χ1) is 38.6. The largest absolute Gasteiger partial charge is 0.477 e. The van der Waals surface area contributed by atoms with Gasteiger partial charge in [0.2, 0.25) is 0 Å². The van der Waals surface area contributed by atoms with Crippen LogP contribution in [-0.4, -0.2) is 87.4 Å². The number of nitrogens with zero attached hydrogens (tertiary/aromatic N) is 1. The smallest absolute Gasteiger partial charge is 0.361 e. The Morgan fingerprint density at radius 3 is 1.01 bits per heavy atom. The summed E-state index contributed by atoms with van der Waals surface area (Å²) in [5.41, 5.74) is 0. The molecule has 0 aromatic rings. The summed E-state index contributed by atoms with van der Waals surface area (Å²) in [5, 5.41) is 9.72. The summed E-state index contributed by atoms with van der Waals surface area (Å²) in [6.45, 7) is 4.59. The molecule has 9 nitrogen and oxygen atoms in total. The molecule has 0 saturated heterocycles. The van der Waals surface area contributed by atoms with Crippen LogP contribution in [0.2, 0.25) is 0 Å². The highest BCUT2D eigenvalue weighted by Gasteiger charge is 2.25. The normalized spacial score (nSPS) is 13.9. The van der Waals surface area contributed by atoms with Gasteiger partial charge in [0.25, 0.3) is 6.29 Å². The highest BCUT2D eigenvalue weighted by Crippen LogP contribution is 2.14. The van der Waals surface area contributed by atoms with Crippen LogP contribution in [0.5, 0.6) is 0 Å². The maximum absolute atomic E-state index is 12.9. The molecule has 0 spiro atoms. The molecule has 0 rings (SSSR count). The van der Waals surface area contributed by atoms with Crippen LogP contribution in [0.25, 0.3) is 0 Å². The first-order valence-electron chi connectivity index (χ1n) is 30.6. The van der Waals surface area contributed by atoms with Crippen LogP contribution in [0.4, 0.5) is 0 Å². The molecule has 0 saturated carbocycles. The minimum absolute atomic E-state index is 0.173. The minimum Gasteiger partial charge on any atom is -0.477 e. The summed E-state index contributed by atoms with van der Waals surface area (Å²) in [5.74, 6) is -2.06. The molecule has 0 aromatic carbocycles. The Balaban J connectivity index is 4.33. The van der Waals surface area contributed by atoms with Gasteiger partial charge in [-0.1, -0.05) is 230 Å². The van der Waals surface area contributed by atoms with E-state index in [0.29, 0.717) is 17.4 Å². The third-order valence-corrected chi connectivity index (χ3v) is 12.3. The fourth-order valence-corrected chi connectivity index (χ4v) is 7.64. The molecule has 0 aromatic heterocycles. The van der Waals surface area contributed by atoms with Gasteiger partial charge in [-0.25, -0.2) is 4.79 Å². The molecule has 0 radical (unpaired) electrons. The fraction of sp³-hybridized carbons (Fsp3) is 0.586. The van der Waals surface area contributed by atoms with Crippen LogP contribution >= 0.6 is 0 Å². The molecule has 0 heterocycles. The first kappa shape index (κ1) is 73.9. The van der Waals surface area contributed by atoms with Gasteiger partial charge in [0, 0.05) is 12.8 Å². The van der Waals surface area contributed by atoms with Gasteiger partial charge in [-0.2, -0.15) is 0 Å². The Morgan fingerprint density at radius 2 is 0.684 bits per heavy atom. The molecular weight excluding hydrogens is 983 g/mol. The van der Waals surface area contributed by atoms with Gasteiger partial charge in [0.1, 0.15) is 13.2 Å². The van der Waals surface area contributed by atoms with Crippen LogP contribution in [0.3, 0.4) is 0 Å². The van der Waals surface area contributed by atoms with Gasteiger partial charge in [0.05, 0.1) is 34.4 Å². The van der Waals surface area contributed by atoms with E-state index in [9.17, 15) is 19.5 Å². The van der Waals surface area contributed by atoms with Crippen molar-refractivity contribution >= 4 is 17.9 Å². The van der Waals surface area contributed by atoms with Crippen molar-refractivity contribution in [2.24, 2.45) is 0 Å². The van der Waals surface area contributed by atoms with E-state index in [-0.39, 0.29) is 38.6 Å². The lowest BCUT2D eigenvalue weighted by atomic mass is 10.1. The summed E-state index contributed by atoms with van der Waals surface area (Å²) in [6, 6.07) is 0. The van der Waals surface area contributed by atoms with Crippen LogP contribution in [0.1, 0.15) is 206 Å². The molecule has 0 amide bonds. The summed E-state index contributed by atoms with van der Waals surface area (Å²) in [7, 11) is 5.95. The Bertz CT molecular complexity index is 1850. The average Bonchev–Trinajstić information content (AvgIpc) is 3.42. The van der Waals surface area contributed by atoms with Gasteiger partial charge in [-0.3, -0.25) is 9.59 Å². The van der Waals surface area contributed by atoms with E-state index in [1.54, 1.807) is 0 Å². The van der Waals surface area contributed by atoms with Crippen LogP contribution in [0, 0.1) is 0 Å². The number of hydrogen-bond donors (Lipinski definition) is 1. The van der Waals surface area contributed by atoms with E-state index < -0.39 is 24.3 Å². The number of allylic oxidation sites excluding steroid dienone is 26. The average molecular weight is 1100 g/mol. The van der Waals surface area contributed by atoms with E-state index >= 15 is 0 Å². The number of aliphatic carboxylic acids is 1. The van der Waals surface area contributed by atoms with E-state index in [0.717, 1.165) is 154 Å². The molecule has 1 N–H and O–H groups in total. The molecule has 444 valence electrons. The lowest BCUT2D eigenvalue weighted by Crippen LogP contribution is -2.40. The zero-order chi connectivity index (χ0) is 57.6. The number of esters is 2. The zero-order valence-electron chi connectivity index (χ0n) is 50.5. The van der Waals surface area contributed by atoms with E-state index in [4.69, 9.17) is 18.9 Å². The van der Waals surface area contributed by atoms with Crippen molar-refractivity contribution in [1.29, 1.82) is 0 Å². The second kappa shape index (κ2) is 59.0. The molecule has 0 aliphatic rings. The highest BCUT2D eigenvalue weighted by atomic mass is 16.7. The predicted molar refractivity (Wildman–Crippen MR) is 336 cm³/mol. The zero-order valence-corrected chi connectivity index (χ0v) is 50.5. The van der Waals surface area contributed by atoms with Gasteiger partial charge in [0.15, 0.2) is 6.10 Å². The topological polar surface area (TPSA) is 108 Å². The Labute approximate surface area is 483 Å². The second-order valence-electron chi connectivity index (χ2n) is 20.9. The van der Waals surface area contributed by atoms with Crippen molar-refractivity contribution in [2.45, 2.75) is 219 Å². The number of rotatable bonds is 54. The number of hydrogen-bond acceptors (Lipinski definition) is 7. The predicted octanol–water partition coefficient (Wildman–Crippen LogP) is 18.6. The van der Waals surface area contributed by atoms with Crippen LogP contribution in [0.15, 0.2) is 158 Å². The monoisotopic (exact) mass is 1090 g/mol. The maximum atomic E-state index is 12.9. The number of quaternary nitrogens is 1. The van der Waals surface area contributed by atoms with Gasteiger partial charge < -0.3 is 28.5 Å². The minimum atomic E-state index is -1.53. The molecular formula is C70H112NO8+. The third kappa shape index (κ3) is 60.4. The lowest BCUT2D eigenvalue weighted by Gasteiger charge is -2.25. The highest BCUT2D eigenvalue weighted by molar-refractivity contribution is 5.71. The fourth-order valence-electron chi connectivity index (χ4n) is 7.64. The summed E-state index contributed by atoms with van der Waals surface area (Å²) < 4.78 is 22.9. The standard InChI is InChI=1S/C70H111NO8/c1-6-8-10-12-14-16-18-20-22-24-26-28-30-31-32-33-34-35-36-37-39-41-43-45-47-49-51-53-55-57-59-61-68(73)79-66(65-78-70(69(74)75)76-63-62-71(3,4)5)64-77-67(72)60-58-56-54-52-50-48-46-44-42-40-38-29-27-25-23-21-19-17-15-13-11-9-7-2/h8-11,14-17,20-23,26-29,31-32,34-35,37,39-40,42-43,45,66,70H,6-7,12-13,18-19,24-25,30,33,36,38,41,44,46-65H2,1-5H3/p+1/b10-8-,11-9-,16-14-,17-15-,22-20-,23-21-,28-26-,29-27-,32-31-,35-34-,39-37-,42-40-,45-43-. The SMILES string of the molecule is CC/C=C\C/C=C\C/C=C\C/C=C\C/C=C\C/C=C\C/C=C\C/C=C\CCCCCCCCC(=O)OC(COC(=O)CCCCCCCCC/C=C\C/C=C\C/C=C\C/C=C\C/C=C\CC)COC(OCC[N+](C)(C)C)C(=O)O. The molecule has 0 bridgehead atoms. The number of ether oxygens (including phenoxy) is 4. The third-order valence-electron chi connectivity index (χ3n) is 12.3. The van der Waals surface area contributed by atoms with Crippen molar-refractivity contribution in [3.63, 3.8) is 0 Å². The Hall–Kier alpha value is -5.09. The van der Waals surface area contributed by atoms with Crippen molar-refractivity contribution in [3.05, 3.63) is 158 Å². The number of carbonyl (C=O) groups is 3. The van der Waals surface area contributed by atoms with Gasteiger partial charge in [-0.15, -0.1) is 0 Å². The molecule has 0 fully saturated rings. The first-order valence-corrected chi connectivity index (χ1v) is 30.6. The summed E-state index contributed by atoms with van der Waals surface area (Å²) in [6.07, 6.45) is 84.6. The number of carboxylic acids is 1. The number of unbranched alkanes of at least 4 members (excludes halogenated alkanes) is 13. The summed E-state index contributed by atoms with van der Waals surface area (Å²) >= 11 is 0. The Morgan fingerprint density at radius 1 is 0.380 bits per heavy atom. The molecule has 0 aliphatic heterocycles. The molecule has 9 heteroatoms. The summed E-state index contributed by atoms with van der Waals surface area (Å²) in [4.78, 5) is 37.5. The lowest BCUT2D eigenvalue weighted by molar-refractivity contribution is -0.870. The maximum Gasteiger partial charge on any atom is 0.361 e. The molecule has 79 heavy (non-hydrogen) atoms.